The lowest BCUT2D eigenvalue weighted by molar-refractivity contribution is 0.537. The second kappa shape index (κ2) is 11.2. The minimum Gasteiger partial charge on any atom is -0.328 e. The molecule has 2 aromatic carbocycles. The van der Waals surface area contributed by atoms with Crippen LogP contribution in [0.2, 0.25) is 0 Å². The van der Waals surface area contributed by atoms with E-state index in [0.717, 1.165) is 39.0 Å². The first-order valence-corrected chi connectivity index (χ1v) is 9.58. The van der Waals surface area contributed by atoms with Gasteiger partial charge in [-0.1, -0.05) is 42.5 Å². The van der Waals surface area contributed by atoms with Crippen LogP contribution in [0.5, 0.6) is 0 Å². The van der Waals surface area contributed by atoms with Crippen molar-refractivity contribution >= 4 is 10.8 Å². The first-order chi connectivity index (χ1) is 12.2. The molecule has 0 aliphatic heterocycles. The SMILES string of the molecule is CC(N)CCNCCCCNCCC(N)c1cccc2ccccc12. The molecule has 0 saturated heterocycles. The van der Waals surface area contributed by atoms with Gasteiger partial charge in [-0.2, -0.15) is 0 Å². The Bertz CT molecular complexity index is 606. The van der Waals surface area contributed by atoms with Crippen LogP contribution in [0.3, 0.4) is 0 Å². The fourth-order valence-corrected chi connectivity index (χ4v) is 3.07. The summed E-state index contributed by atoms with van der Waals surface area (Å²) in [6.07, 6.45) is 4.39. The highest BCUT2D eigenvalue weighted by Gasteiger charge is 2.09. The third-order valence-corrected chi connectivity index (χ3v) is 4.59. The third-order valence-electron chi connectivity index (χ3n) is 4.59. The molecule has 0 aliphatic rings. The van der Waals surface area contributed by atoms with Gasteiger partial charge in [-0.05, 0) is 75.1 Å². The van der Waals surface area contributed by atoms with Gasteiger partial charge in [0.2, 0.25) is 0 Å². The van der Waals surface area contributed by atoms with Crippen LogP contribution in [0.15, 0.2) is 42.5 Å². The van der Waals surface area contributed by atoms with E-state index in [4.69, 9.17) is 11.5 Å². The fraction of sp³-hybridized carbons (Fsp3) is 0.524. The molecule has 2 aromatic rings. The van der Waals surface area contributed by atoms with E-state index in [-0.39, 0.29) is 6.04 Å². The summed E-state index contributed by atoms with van der Waals surface area (Å²) in [5.41, 5.74) is 13.4. The average molecular weight is 343 g/mol. The largest absolute Gasteiger partial charge is 0.328 e. The summed E-state index contributed by atoms with van der Waals surface area (Å²) in [5.74, 6) is 0. The minimum atomic E-state index is 0.0820. The highest BCUT2D eigenvalue weighted by atomic mass is 14.9. The van der Waals surface area contributed by atoms with Crippen LogP contribution in [0.25, 0.3) is 10.8 Å². The number of unbranched alkanes of at least 4 members (excludes halogenated alkanes) is 1. The molecule has 6 N–H and O–H groups in total. The molecule has 0 fully saturated rings. The maximum absolute atomic E-state index is 6.42. The molecule has 4 heteroatoms. The Hall–Kier alpha value is -1.46. The average Bonchev–Trinajstić information content (AvgIpc) is 2.62. The first-order valence-electron chi connectivity index (χ1n) is 9.58. The van der Waals surface area contributed by atoms with Crippen molar-refractivity contribution in [1.82, 2.24) is 10.6 Å². The van der Waals surface area contributed by atoms with Gasteiger partial charge >= 0.3 is 0 Å². The molecule has 2 rings (SSSR count). The highest BCUT2D eigenvalue weighted by molar-refractivity contribution is 5.86. The Morgan fingerprint density at radius 1 is 0.800 bits per heavy atom. The van der Waals surface area contributed by atoms with E-state index in [9.17, 15) is 0 Å². The van der Waals surface area contributed by atoms with Crippen molar-refractivity contribution in [2.24, 2.45) is 11.5 Å². The number of nitrogens with one attached hydrogen (secondary N) is 2. The fourth-order valence-electron chi connectivity index (χ4n) is 3.07. The summed E-state index contributed by atoms with van der Waals surface area (Å²) >= 11 is 0. The van der Waals surface area contributed by atoms with Gasteiger partial charge in [0, 0.05) is 12.1 Å². The molecular formula is C21H34N4. The molecule has 0 aromatic heterocycles. The summed E-state index contributed by atoms with van der Waals surface area (Å²) in [5, 5.41) is 9.49. The standard InChI is InChI=1S/C21H34N4/c1-17(22)11-15-24-13-4-5-14-25-16-12-21(23)20-10-6-8-18-7-2-3-9-19(18)20/h2-3,6-10,17,21,24-25H,4-5,11-16,22-23H2,1H3. The number of fused-ring (bicyclic) bond motifs is 1. The zero-order valence-electron chi connectivity index (χ0n) is 15.5. The lowest BCUT2D eigenvalue weighted by Gasteiger charge is -2.15. The quantitative estimate of drug-likeness (QED) is 0.447. The van der Waals surface area contributed by atoms with Crippen molar-refractivity contribution in [3.8, 4) is 0 Å². The van der Waals surface area contributed by atoms with Gasteiger partial charge in [-0.3, -0.25) is 0 Å². The van der Waals surface area contributed by atoms with Crippen LogP contribution in [-0.2, 0) is 0 Å². The Labute approximate surface area is 152 Å². The lowest BCUT2D eigenvalue weighted by atomic mass is 9.97. The topological polar surface area (TPSA) is 76.1 Å². The maximum Gasteiger partial charge on any atom is 0.0313 e. The second-order valence-corrected chi connectivity index (χ2v) is 6.94. The molecule has 0 spiro atoms. The molecule has 0 heterocycles. The Morgan fingerprint density at radius 2 is 1.44 bits per heavy atom. The van der Waals surface area contributed by atoms with Crippen molar-refractivity contribution in [2.45, 2.75) is 44.7 Å². The number of hydrogen-bond acceptors (Lipinski definition) is 4. The molecule has 0 saturated carbocycles. The number of hydrogen-bond donors (Lipinski definition) is 4. The van der Waals surface area contributed by atoms with Gasteiger partial charge in [0.15, 0.2) is 0 Å². The Balaban J connectivity index is 1.59. The molecule has 4 nitrogen and oxygen atoms in total. The number of rotatable bonds is 12. The number of benzene rings is 2. The molecule has 0 bridgehead atoms. The van der Waals surface area contributed by atoms with Crippen LogP contribution in [0, 0.1) is 0 Å². The summed E-state index contributed by atoms with van der Waals surface area (Å²) in [6, 6.07) is 15.2. The highest BCUT2D eigenvalue weighted by Crippen LogP contribution is 2.24. The molecule has 0 amide bonds. The summed E-state index contributed by atoms with van der Waals surface area (Å²) in [4.78, 5) is 0. The normalized spacial score (nSPS) is 13.9. The molecule has 2 unspecified atom stereocenters. The van der Waals surface area contributed by atoms with Gasteiger partial charge in [0.1, 0.15) is 0 Å². The summed E-state index contributed by atoms with van der Waals surface area (Å²) < 4.78 is 0. The van der Waals surface area contributed by atoms with E-state index >= 15 is 0 Å². The van der Waals surface area contributed by atoms with Gasteiger partial charge in [0.05, 0.1) is 0 Å². The Kier molecular flexibility index (Phi) is 8.91. The van der Waals surface area contributed by atoms with E-state index in [0.29, 0.717) is 6.04 Å². The van der Waals surface area contributed by atoms with E-state index in [2.05, 4.69) is 60.0 Å². The molecule has 0 radical (unpaired) electrons. The first kappa shape index (κ1) is 19.9. The van der Waals surface area contributed by atoms with Gasteiger partial charge in [0.25, 0.3) is 0 Å². The molecular weight excluding hydrogens is 308 g/mol. The van der Waals surface area contributed by atoms with Crippen molar-refractivity contribution < 1.29 is 0 Å². The van der Waals surface area contributed by atoms with Crippen molar-refractivity contribution in [2.75, 3.05) is 26.2 Å². The van der Waals surface area contributed by atoms with E-state index in [1.807, 2.05) is 0 Å². The minimum absolute atomic E-state index is 0.0820. The van der Waals surface area contributed by atoms with E-state index < -0.39 is 0 Å². The van der Waals surface area contributed by atoms with Gasteiger partial charge in [-0.25, -0.2) is 0 Å². The van der Waals surface area contributed by atoms with E-state index in [1.165, 1.54) is 29.2 Å². The van der Waals surface area contributed by atoms with Crippen molar-refractivity contribution in [3.05, 3.63) is 48.0 Å². The Morgan fingerprint density at radius 3 is 2.16 bits per heavy atom. The number of nitrogens with two attached hydrogens (primary N) is 2. The third kappa shape index (κ3) is 7.12. The second-order valence-electron chi connectivity index (χ2n) is 6.94. The zero-order chi connectivity index (χ0) is 17.9. The van der Waals surface area contributed by atoms with Crippen molar-refractivity contribution in [3.63, 3.8) is 0 Å². The lowest BCUT2D eigenvalue weighted by Crippen LogP contribution is -2.25. The predicted molar refractivity (Wildman–Crippen MR) is 109 cm³/mol. The predicted octanol–water partition coefficient (Wildman–Crippen LogP) is 2.93. The molecule has 138 valence electrons. The summed E-state index contributed by atoms with van der Waals surface area (Å²) in [6.45, 7) is 6.16. The van der Waals surface area contributed by atoms with Gasteiger partial charge in [-0.15, -0.1) is 0 Å². The van der Waals surface area contributed by atoms with Crippen LogP contribution in [0.1, 0.15) is 44.2 Å². The molecule has 25 heavy (non-hydrogen) atoms. The smallest absolute Gasteiger partial charge is 0.0313 e. The van der Waals surface area contributed by atoms with Crippen LogP contribution < -0.4 is 22.1 Å². The molecule has 2 atom stereocenters. The maximum atomic E-state index is 6.42. The summed E-state index contributed by atoms with van der Waals surface area (Å²) in [7, 11) is 0. The van der Waals surface area contributed by atoms with Gasteiger partial charge < -0.3 is 22.1 Å². The van der Waals surface area contributed by atoms with Crippen LogP contribution >= 0.6 is 0 Å². The van der Waals surface area contributed by atoms with Crippen LogP contribution in [-0.4, -0.2) is 32.2 Å². The zero-order valence-corrected chi connectivity index (χ0v) is 15.5. The van der Waals surface area contributed by atoms with E-state index in [1.54, 1.807) is 0 Å². The molecule has 0 aliphatic carbocycles. The monoisotopic (exact) mass is 342 g/mol. The van der Waals surface area contributed by atoms with Crippen LogP contribution in [0.4, 0.5) is 0 Å². The van der Waals surface area contributed by atoms with Crippen molar-refractivity contribution in [1.29, 1.82) is 0 Å².